The minimum atomic E-state index is -0.0500. The Kier molecular flexibility index (Phi) is 3.57. The number of hydrogen-bond acceptors (Lipinski definition) is 4. The van der Waals surface area contributed by atoms with Gasteiger partial charge in [0.05, 0.1) is 6.54 Å². The quantitative estimate of drug-likeness (QED) is 0.886. The molecule has 2 aliphatic heterocycles. The minimum absolute atomic E-state index is 0.0500. The number of nitrogens with zero attached hydrogens (tertiary/aromatic N) is 2. The van der Waals surface area contributed by atoms with Crippen molar-refractivity contribution in [2.45, 2.75) is 25.4 Å². The summed E-state index contributed by atoms with van der Waals surface area (Å²) in [5.41, 5.74) is 4.13. The molecule has 1 N–H and O–H groups in total. The van der Waals surface area contributed by atoms with Crippen molar-refractivity contribution in [3.63, 3.8) is 0 Å². The number of nitrogens with one attached hydrogen (secondary N) is 1. The number of hydroxylamine groups is 1. The van der Waals surface area contributed by atoms with E-state index in [2.05, 4.69) is 27.5 Å². The highest BCUT2D eigenvalue weighted by Gasteiger charge is 2.22. The molecule has 1 aromatic carbocycles. The molecule has 18 heavy (non-hydrogen) atoms. The first kappa shape index (κ1) is 11.7. The van der Waals surface area contributed by atoms with Crippen molar-refractivity contribution in [2.75, 3.05) is 19.6 Å². The second-order valence-corrected chi connectivity index (χ2v) is 4.89. The van der Waals surface area contributed by atoms with E-state index in [0.29, 0.717) is 0 Å². The zero-order valence-corrected chi connectivity index (χ0v) is 10.5. The number of likely N-dealkylation sites (tertiary alicyclic amines) is 1. The first-order chi connectivity index (χ1) is 8.92. The van der Waals surface area contributed by atoms with Crippen molar-refractivity contribution in [1.29, 1.82) is 0 Å². The van der Waals surface area contributed by atoms with E-state index in [1.807, 2.05) is 18.2 Å². The van der Waals surface area contributed by atoms with E-state index >= 15 is 0 Å². The summed E-state index contributed by atoms with van der Waals surface area (Å²) in [6.45, 7) is 3.16. The van der Waals surface area contributed by atoms with Gasteiger partial charge in [-0.25, -0.2) is 4.99 Å². The second-order valence-electron chi connectivity index (χ2n) is 4.89. The molecule has 96 valence electrons. The van der Waals surface area contributed by atoms with Crippen molar-refractivity contribution in [3.8, 4) is 0 Å². The molecule has 3 rings (SSSR count). The van der Waals surface area contributed by atoms with Gasteiger partial charge in [-0.3, -0.25) is 4.90 Å². The highest BCUT2D eigenvalue weighted by atomic mass is 16.7. The zero-order valence-electron chi connectivity index (χ0n) is 10.5. The maximum atomic E-state index is 5.48. The van der Waals surface area contributed by atoms with Gasteiger partial charge in [0.25, 0.3) is 0 Å². The molecule has 4 heteroatoms. The van der Waals surface area contributed by atoms with E-state index < -0.39 is 0 Å². The van der Waals surface area contributed by atoms with Crippen LogP contribution in [0.4, 0.5) is 0 Å². The first-order valence-corrected chi connectivity index (χ1v) is 6.68. The van der Waals surface area contributed by atoms with Gasteiger partial charge in [-0.15, -0.1) is 5.48 Å². The fourth-order valence-corrected chi connectivity index (χ4v) is 2.48. The fourth-order valence-electron chi connectivity index (χ4n) is 2.48. The molecule has 2 aliphatic rings. The maximum Gasteiger partial charge on any atom is 0.225 e. The Labute approximate surface area is 108 Å². The molecule has 1 aromatic rings. The molecule has 1 atom stereocenters. The van der Waals surface area contributed by atoms with Crippen molar-refractivity contribution in [3.05, 3.63) is 35.9 Å². The Hall–Kier alpha value is -1.39. The average Bonchev–Trinajstić information content (AvgIpc) is 2.89. The second kappa shape index (κ2) is 5.50. The Bertz CT molecular complexity index is 412. The highest BCUT2D eigenvalue weighted by molar-refractivity contribution is 5.79. The van der Waals surface area contributed by atoms with Crippen LogP contribution >= 0.6 is 0 Å². The molecule has 1 fully saturated rings. The fraction of sp³-hybridized carbons (Fsp3) is 0.500. The normalized spacial score (nSPS) is 24.7. The Morgan fingerprint density at radius 1 is 1.17 bits per heavy atom. The van der Waals surface area contributed by atoms with E-state index in [1.54, 1.807) is 0 Å². The van der Waals surface area contributed by atoms with Crippen molar-refractivity contribution in [1.82, 2.24) is 10.4 Å². The topological polar surface area (TPSA) is 36.9 Å². The monoisotopic (exact) mass is 245 g/mol. The highest BCUT2D eigenvalue weighted by Crippen LogP contribution is 2.19. The van der Waals surface area contributed by atoms with Gasteiger partial charge in [0.2, 0.25) is 5.90 Å². The lowest BCUT2D eigenvalue weighted by Crippen LogP contribution is -2.35. The van der Waals surface area contributed by atoms with Crippen LogP contribution in [-0.4, -0.2) is 30.4 Å². The molecule has 0 amide bonds. The summed E-state index contributed by atoms with van der Waals surface area (Å²) in [7, 11) is 0. The van der Waals surface area contributed by atoms with E-state index in [-0.39, 0.29) is 6.17 Å². The molecule has 1 saturated heterocycles. The molecule has 0 saturated carbocycles. The van der Waals surface area contributed by atoms with E-state index in [9.17, 15) is 0 Å². The molecule has 0 spiro atoms. The van der Waals surface area contributed by atoms with Gasteiger partial charge in [-0.2, -0.15) is 0 Å². The summed E-state index contributed by atoms with van der Waals surface area (Å²) in [4.78, 5) is 12.5. The molecule has 0 unspecified atom stereocenters. The molecule has 0 radical (unpaired) electrons. The standard InChI is InChI=1S/C14H19N3O/c1-3-7-12(8-4-1)14-15-13(18-16-14)11-17-9-5-2-6-10-17/h1,3-4,7-8,14,16H,2,5-6,9-11H2/t14-/m0/s1. The minimum Gasteiger partial charge on any atom is -0.390 e. The largest absolute Gasteiger partial charge is 0.390 e. The van der Waals surface area contributed by atoms with Crippen LogP contribution in [0.25, 0.3) is 0 Å². The number of benzene rings is 1. The van der Waals surface area contributed by atoms with Gasteiger partial charge in [-0.1, -0.05) is 36.8 Å². The summed E-state index contributed by atoms with van der Waals surface area (Å²) in [6.07, 6.45) is 3.89. The molecular weight excluding hydrogens is 226 g/mol. The van der Waals surface area contributed by atoms with Crippen LogP contribution in [0.1, 0.15) is 31.0 Å². The molecule has 2 heterocycles. The van der Waals surface area contributed by atoms with Crippen LogP contribution in [0.5, 0.6) is 0 Å². The third-order valence-electron chi connectivity index (χ3n) is 3.48. The predicted octanol–water partition coefficient (Wildman–Crippen LogP) is 2.10. The van der Waals surface area contributed by atoms with Crippen LogP contribution in [0.2, 0.25) is 0 Å². The van der Waals surface area contributed by atoms with Crippen molar-refractivity contribution < 1.29 is 4.84 Å². The van der Waals surface area contributed by atoms with Crippen LogP contribution in [0.3, 0.4) is 0 Å². The lowest BCUT2D eigenvalue weighted by Gasteiger charge is -2.25. The van der Waals surface area contributed by atoms with Gasteiger partial charge in [-0.05, 0) is 31.5 Å². The number of rotatable bonds is 3. The Morgan fingerprint density at radius 3 is 2.72 bits per heavy atom. The summed E-state index contributed by atoms with van der Waals surface area (Å²) >= 11 is 0. The number of aliphatic imine (C=N–C) groups is 1. The molecule has 0 aliphatic carbocycles. The van der Waals surface area contributed by atoms with Crippen LogP contribution in [0.15, 0.2) is 35.3 Å². The van der Waals surface area contributed by atoms with E-state index in [4.69, 9.17) is 4.84 Å². The van der Waals surface area contributed by atoms with Gasteiger partial charge < -0.3 is 4.84 Å². The van der Waals surface area contributed by atoms with Gasteiger partial charge >= 0.3 is 0 Å². The van der Waals surface area contributed by atoms with Crippen molar-refractivity contribution in [2.24, 2.45) is 4.99 Å². The van der Waals surface area contributed by atoms with Crippen LogP contribution in [-0.2, 0) is 4.84 Å². The number of hydrogen-bond donors (Lipinski definition) is 1. The summed E-state index contributed by atoms with van der Waals surface area (Å²) in [6, 6.07) is 10.2. The van der Waals surface area contributed by atoms with Crippen molar-refractivity contribution >= 4 is 5.90 Å². The third kappa shape index (κ3) is 2.71. The average molecular weight is 245 g/mol. The summed E-state index contributed by atoms with van der Waals surface area (Å²) < 4.78 is 0. The lowest BCUT2D eigenvalue weighted by atomic mass is 10.1. The summed E-state index contributed by atoms with van der Waals surface area (Å²) in [5.74, 6) is 0.811. The smallest absolute Gasteiger partial charge is 0.225 e. The molecule has 4 nitrogen and oxygen atoms in total. The zero-order chi connectivity index (χ0) is 12.2. The predicted molar refractivity (Wildman–Crippen MR) is 71.1 cm³/mol. The van der Waals surface area contributed by atoms with Crippen LogP contribution in [0, 0.1) is 0 Å². The van der Waals surface area contributed by atoms with Gasteiger partial charge in [0, 0.05) is 0 Å². The maximum absolute atomic E-state index is 5.48. The van der Waals surface area contributed by atoms with E-state index in [0.717, 1.165) is 18.0 Å². The molecule has 0 aromatic heterocycles. The van der Waals surface area contributed by atoms with E-state index in [1.165, 1.54) is 32.4 Å². The van der Waals surface area contributed by atoms with Gasteiger partial charge in [0.15, 0.2) is 6.17 Å². The SMILES string of the molecule is c1ccc([C@H]2N=C(CN3CCCCC3)ON2)cc1. The van der Waals surface area contributed by atoms with Gasteiger partial charge in [0.1, 0.15) is 0 Å². The third-order valence-corrected chi connectivity index (χ3v) is 3.48. The Balaban J connectivity index is 1.61. The number of piperidine rings is 1. The lowest BCUT2D eigenvalue weighted by molar-refractivity contribution is 0.162. The Morgan fingerprint density at radius 2 is 1.94 bits per heavy atom. The molecular formula is C14H19N3O. The summed E-state index contributed by atoms with van der Waals surface area (Å²) in [5, 5.41) is 0. The van der Waals surface area contributed by atoms with Crippen LogP contribution < -0.4 is 5.48 Å². The molecule has 0 bridgehead atoms. The first-order valence-electron chi connectivity index (χ1n) is 6.68.